The van der Waals surface area contributed by atoms with Crippen LogP contribution in [0.4, 0.5) is 0 Å². The number of sulfonamides is 1. The second kappa shape index (κ2) is 10.8. The molecule has 0 unspecified atom stereocenters. The predicted octanol–water partition coefficient (Wildman–Crippen LogP) is 3.08. The Balaban J connectivity index is 1.49. The monoisotopic (exact) mass is 451 g/mol. The van der Waals surface area contributed by atoms with Crippen molar-refractivity contribution in [2.75, 3.05) is 26.2 Å². The molecule has 2 aromatic carbocycles. The third kappa shape index (κ3) is 5.63. The zero-order valence-corrected chi connectivity index (χ0v) is 18.9. The summed E-state index contributed by atoms with van der Waals surface area (Å²) in [4.78, 5) is 16.7. The van der Waals surface area contributed by atoms with Crippen LogP contribution in [-0.2, 0) is 10.0 Å². The summed E-state index contributed by atoms with van der Waals surface area (Å²) in [6, 6.07) is 15.4. The van der Waals surface area contributed by atoms with Gasteiger partial charge in [-0.25, -0.2) is 8.42 Å². The van der Waals surface area contributed by atoms with Gasteiger partial charge in [-0.2, -0.15) is 4.31 Å². The number of hydrogen-bond donors (Lipinski definition) is 1. The Kier molecular flexibility index (Phi) is 7.82. The van der Waals surface area contributed by atoms with Gasteiger partial charge in [-0.1, -0.05) is 31.8 Å². The maximum absolute atomic E-state index is 12.5. The average molecular weight is 452 g/mol. The Labute approximate surface area is 188 Å². The number of nitrogens with one attached hydrogen (secondary N) is 1. The van der Waals surface area contributed by atoms with Crippen molar-refractivity contribution in [3.8, 4) is 17.6 Å². The van der Waals surface area contributed by atoms with E-state index < -0.39 is 10.0 Å². The molecule has 3 rings (SSSR count). The van der Waals surface area contributed by atoms with E-state index in [9.17, 15) is 13.2 Å². The van der Waals surface area contributed by atoms with E-state index in [4.69, 9.17) is 4.74 Å². The molecule has 0 bridgehead atoms. The Morgan fingerprint density at radius 1 is 1.06 bits per heavy atom. The predicted molar refractivity (Wildman–Crippen MR) is 124 cm³/mol. The van der Waals surface area contributed by atoms with E-state index in [1.54, 1.807) is 20.0 Å². The summed E-state index contributed by atoms with van der Waals surface area (Å²) in [5, 5.41) is 3.72. The second-order valence-corrected chi connectivity index (χ2v) is 8.73. The lowest BCUT2D eigenvalue weighted by molar-refractivity contribution is 0.0958. The highest BCUT2D eigenvalue weighted by molar-refractivity contribution is 7.89. The molecule has 166 valence electrons. The number of benzene rings is 2. The number of pyridine rings is 1. The molecule has 32 heavy (non-hydrogen) atoms. The highest BCUT2D eigenvalue weighted by atomic mass is 32.2. The number of aromatic nitrogens is 1. The fraction of sp³-hybridized carbons (Fsp3) is 0.250. The van der Waals surface area contributed by atoms with Crippen molar-refractivity contribution in [2.45, 2.75) is 18.7 Å². The molecule has 0 aliphatic rings. The number of rotatable bonds is 8. The molecule has 0 aliphatic heterocycles. The van der Waals surface area contributed by atoms with E-state index in [1.165, 1.54) is 28.6 Å². The number of carbonyl (C=O) groups is 1. The van der Waals surface area contributed by atoms with Crippen LogP contribution in [0.2, 0.25) is 0 Å². The van der Waals surface area contributed by atoms with Crippen LogP contribution < -0.4 is 10.1 Å². The molecule has 1 aromatic heterocycles. The minimum absolute atomic E-state index is 0.154. The molecule has 8 heteroatoms. The highest BCUT2D eigenvalue weighted by Crippen LogP contribution is 2.18. The van der Waals surface area contributed by atoms with Crippen molar-refractivity contribution in [2.24, 2.45) is 0 Å². The van der Waals surface area contributed by atoms with Gasteiger partial charge in [0, 0.05) is 36.3 Å². The van der Waals surface area contributed by atoms with Crippen LogP contribution >= 0.6 is 0 Å². The number of fused-ring (bicyclic) bond motifs is 1. The van der Waals surface area contributed by atoms with Crippen LogP contribution in [0.1, 0.15) is 24.2 Å². The van der Waals surface area contributed by atoms with Gasteiger partial charge in [-0.05, 0) is 42.5 Å². The number of amides is 1. The van der Waals surface area contributed by atoms with E-state index in [0.29, 0.717) is 24.4 Å². The fourth-order valence-electron chi connectivity index (χ4n) is 3.09. The lowest BCUT2D eigenvalue weighted by Gasteiger charge is -2.18. The molecule has 3 aromatic rings. The van der Waals surface area contributed by atoms with Gasteiger partial charge in [0.05, 0.1) is 17.0 Å². The lowest BCUT2D eigenvalue weighted by atomic mass is 10.2. The Bertz CT molecular complexity index is 1240. The van der Waals surface area contributed by atoms with E-state index in [-0.39, 0.29) is 24.0 Å². The van der Waals surface area contributed by atoms with Crippen LogP contribution in [0.3, 0.4) is 0 Å². The van der Waals surface area contributed by atoms with Crippen molar-refractivity contribution in [1.29, 1.82) is 0 Å². The van der Waals surface area contributed by atoms with Gasteiger partial charge in [0.2, 0.25) is 10.0 Å². The Hall–Kier alpha value is -3.41. The van der Waals surface area contributed by atoms with Gasteiger partial charge < -0.3 is 10.1 Å². The van der Waals surface area contributed by atoms with Gasteiger partial charge in [-0.15, -0.1) is 0 Å². The first-order valence-corrected chi connectivity index (χ1v) is 11.7. The first-order chi connectivity index (χ1) is 15.5. The molecule has 0 spiro atoms. The van der Waals surface area contributed by atoms with Crippen molar-refractivity contribution >= 4 is 26.8 Å². The van der Waals surface area contributed by atoms with Gasteiger partial charge in [-0.3, -0.25) is 9.78 Å². The molecule has 0 saturated heterocycles. The quantitative estimate of drug-likeness (QED) is 0.532. The summed E-state index contributed by atoms with van der Waals surface area (Å²) in [5.41, 5.74) is 1.21. The lowest BCUT2D eigenvalue weighted by Crippen LogP contribution is -2.30. The zero-order chi connectivity index (χ0) is 23.0. The van der Waals surface area contributed by atoms with Crippen LogP contribution in [0.25, 0.3) is 10.9 Å². The van der Waals surface area contributed by atoms with E-state index >= 15 is 0 Å². The molecular weight excluding hydrogens is 426 g/mol. The summed E-state index contributed by atoms with van der Waals surface area (Å²) >= 11 is 0. The van der Waals surface area contributed by atoms with E-state index in [0.717, 1.165) is 10.9 Å². The molecule has 0 saturated carbocycles. The smallest absolute Gasteiger partial charge is 0.252 e. The number of hydrogen-bond acceptors (Lipinski definition) is 5. The van der Waals surface area contributed by atoms with E-state index in [1.807, 2.05) is 30.3 Å². The minimum Gasteiger partial charge on any atom is -0.481 e. The standard InChI is InChI=1S/C24H25N3O4S/c1-3-27(4-2)32(29,30)22-13-10-20(11-14-22)24(28)26-15-5-6-17-31-21-12-9-19-8-7-16-25-23(19)18-21/h7-14,16,18H,3-4,15,17H2,1-2H3,(H,26,28). The maximum Gasteiger partial charge on any atom is 0.252 e. The molecule has 1 N–H and O–H groups in total. The van der Waals surface area contributed by atoms with Crippen LogP contribution in [-0.4, -0.2) is 49.9 Å². The van der Waals surface area contributed by atoms with Crippen molar-refractivity contribution in [3.05, 3.63) is 66.4 Å². The summed E-state index contributed by atoms with van der Waals surface area (Å²) in [6.07, 6.45) is 1.73. The largest absolute Gasteiger partial charge is 0.481 e. The zero-order valence-electron chi connectivity index (χ0n) is 18.0. The number of ether oxygens (including phenoxy) is 1. The molecule has 0 fully saturated rings. The fourth-order valence-corrected chi connectivity index (χ4v) is 4.54. The summed E-state index contributed by atoms with van der Waals surface area (Å²) in [7, 11) is -3.54. The normalized spacial score (nSPS) is 11.1. The third-order valence-corrected chi connectivity index (χ3v) is 6.87. The molecule has 1 heterocycles. The molecular formula is C24H25N3O4S. The average Bonchev–Trinajstić information content (AvgIpc) is 2.81. The number of nitrogens with zero attached hydrogens (tertiary/aromatic N) is 2. The Morgan fingerprint density at radius 2 is 1.81 bits per heavy atom. The highest BCUT2D eigenvalue weighted by Gasteiger charge is 2.21. The van der Waals surface area contributed by atoms with Gasteiger partial charge in [0.1, 0.15) is 12.4 Å². The number of carbonyl (C=O) groups excluding carboxylic acids is 1. The van der Waals surface area contributed by atoms with Crippen LogP contribution in [0, 0.1) is 11.8 Å². The third-order valence-electron chi connectivity index (χ3n) is 4.81. The first kappa shape index (κ1) is 23.3. The first-order valence-electron chi connectivity index (χ1n) is 10.3. The molecule has 0 atom stereocenters. The van der Waals surface area contributed by atoms with Crippen molar-refractivity contribution in [3.63, 3.8) is 0 Å². The summed E-state index contributed by atoms with van der Waals surface area (Å²) in [6.45, 7) is 4.69. The maximum atomic E-state index is 12.5. The summed E-state index contributed by atoms with van der Waals surface area (Å²) < 4.78 is 32.0. The van der Waals surface area contributed by atoms with E-state index in [2.05, 4.69) is 22.1 Å². The van der Waals surface area contributed by atoms with Crippen LogP contribution in [0.5, 0.6) is 5.75 Å². The summed E-state index contributed by atoms with van der Waals surface area (Å²) in [5.74, 6) is 6.03. The van der Waals surface area contributed by atoms with Gasteiger partial charge >= 0.3 is 0 Å². The molecule has 0 radical (unpaired) electrons. The minimum atomic E-state index is -3.54. The van der Waals surface area contributed by atoms with Crippen molar-refractivity contribution in [1.82, 2.24) is 14.6 Å². The van der Waals surface area contributed by atoms with Crippen LogP contribution in [0.15, 0.2) is 65.7 Å². The SMILES string of the molecule is CCN(CC)S(=O)(=O)c1ccc(C(=O)NCC#CCOc2ccc3cccnc3c2)cc1. The second-order valence-electron chi connectivity index (χ2n) is 6.80. The molecule has 1 amide bonds. The van der Waals surface area contributed by atoms with Gasteiger partial charge in [0.15, 0.2) is 0 Å². The molecule has 7 nitrogen and oxygen atoms in total. The van der Waals surface area contributed by atoms with Crippen molar-refractivity contribution < 1.29 is 17.9 Å². The molecule has 0 aliphatic carbocycles. The topological polar surface area (TPSA) is 88.6 Å². The Morgan fingerprint density at radius 3 is 2.53 bits per heavy atom. The van der Waals surface area contributed by atoms with Gasteiger partial charge in [0.25, 0.3) is 5.91 Å².